The molecular formula is C22H23N2O7P. The summed E-state index contributed by atoms with van der Waals surface area (Å²) in [6.45, 7) is 2.50. The van der Waals surface area contributed by atoms with Crippen LogP contribution in [0.4, 0.5) is 0 Å². The minimum atomic E-state index is -3.81. The van der Waals surface area contributed by atoms with E-state index in [0.29, 0.717) is 23.4 Å². The maximum absolute atomic E-state index is 13.4. The van der Waals surface area contributed by atoms with Gasteiger partial charge in [0.15, 0.2) is 12.4 Å². The third kappa shape index (κ3) is 3.28. The SMILES string of the molecule is CCC1(OCOP(C)(=O)O)C(=O)OCc2c1cc1n(c2=O)CC2C=c3ccccc3=NC12. The van der Waals surface area contributed by atoms with E-state index in [0.717, 1.165) is 17.2 Å². The lowest BCUT2D eigenvalue weighted by Crippen LogP contribution is -2.46. The molecule has 168 valence electrons. The molecule has 1 aromatic heterocycles. The number of nitrogens with zero attached hydrogens (tertiary/aromatic N) is 2. The third-order valence-electron chi connectivity index (χ3n) is 6.35. The van der Waals surface area contributed by atoms with Crippen LogP contribution in [0.25, 0.3) is 6.08 Å². The van der Waals surface area contributed by atoms with Crippen molar-refractivity contribution < 1.29 is 28.3 Å². The summed E-state index contributed by atoms with van der Waals surface area (Å²) in [5.74, 6) is -0.630. The number of hydrogen-bond acceptors (Lipinski definition) is 7. The first-order valence-electron chi connectivity index (χ1n) is 10.4. The first-order chi connectivity index (χ1) is 15.2. The van der Waals surface area contributed by atoms with Crippen LogP contribution >= 0.6 is 7.60 Å². The van der Waals surface area contributed by atoms with Crippen LogP contribution in [0.1, 0.15) is 36.2 Å². The number of carbonyl (C=O) groups excluding carboxylic acids is 1. The topological polar surface area (TPSA) is 116 Å². The fourth-order valence-electron chi connectivity index (χ4n) is 4.77. The first kappa shape index (κ1) is 21.3. The molecule has 1 N–H and O–H groups in total. The number of esters is 1. The Kier molecular flexibility index (Phi) is 4.98. The van der Waals surface area contributed by atoms with Gasteiger partial charge in [0.1, 0.15) is 6.61 Å². The van der Waals surface area contributed by atoms with Gasteiger partial charge in [-0.3, -0.25) is 18.9 Å². The van der Waals surface area contributed by atoms with Gasteiger partial charge in [-0.1, -0.05) is 31.2 Å². The summed E-state index contributed by atoms with van der Waals surface area (Å²) in [7, 11) is -3.81. The molecule has 0 radical (unpaired) electrons. The fraction of sp³-hybridized carbons (Fsp3) is 0.409. The van der Waals surface area contributed by atoms with Crippen molar-refractivity contribution in [2.75, 3.05) is 13.5 Å². The third-order valence-corrected chi connectivity index (χ3v) is 6.94. The quantitative estimate of drug-likeness (QED) is 0.405. The van der Waals surface area contributed by atoms with Gasteiger partial charge in [0, 0.05) is 30.4 Å². The van der Waals surface area contributed by atoms with Crippen LogP contribution < -0.4 is 16.1 Å². The van der Waals surface area contributed by atoms with Crippen molar-refractivity contribution in [3.05, 3.63) is 68.1 Å². The number of rotatable bonds is 5. The summed E-state index contributed by atoms with van der Waals surface area (Å²) in [5, 5.41) is 1.90. The monoisotopic (exact) mass is 458 g/mol. The summed E-state index contributed by atoms with van der Waals surface area (Å²) in [6, 6.07) is 9.37. The number of ether oxygens (including phenoxy) is 2. The van der Waals surface area contributed by atoms with Crippen LogP contribution in [0.2, 0.25) is 0 Å². The minimum Gasteiger partial charge on any atom is -0.458 e. The lowest BCUT2D eigenvalue weighted by Gasteiger charge is -2.36. The van der Waals surface area contributed by atoms with Gasteiger partial charge in [-0.05, 0) is 23.8 Å². The molecule has 1 aromatic carbocycles. The highest BCUT2D eigenvalue weighted by molar-refractivity contribution is 7.51. The van der Waals surface area contributed by atoms with Gasteiger partial charge in [-0.25, -0.2) is 4.79 Å². The summed E-state index contributed by atoms with van der Waals surface area (Å²) < 4.78 is 29.1. The summed E-state index contributed by atoms with van der Waals surface area (Å²) in [4.78, 5) is 40.6. The molecule has 2 aromatic rings. The highest BCUT2D eigenvalue weighted by Crippen LogP contribution is 2.43. The van der Waals surface area contributed by atoms with Crippen molar-refractivity contribution in [2.24, 2.45) is 10.9 Å². The van der Waals surface area contributed by atoms with Crippen molar-refractivity contribution in [1.29, 1.82) is 0 Å². The van der Waals surface area contributed by atoms with Crippen LogP contribution in [0.15, 0.2) is 40.1 Å². The highest BCUT2D eigenvalue weighted by Gasteiger charge is 2.49. The maximum atomic E-state index is 13.4. The lowest BCUT2D eigenvalue weighted by atomic mass is 9.85. The molecule has 4 heterocycles. The Bertz CT molecular complexity index is 1350. The molecule has 10 heteroatoms. The Morgan fingerprint density at radius 2 is 2.12 bits per heavy atom. The number of fused-ring (bicyclic) bond motifs is 5. The fourth-order valence-corrected chi connectivity index (χ4v) is 5.01. The van der Waals surface area contributed by atoms with Gasteiger partial charge in [0.25, 0.3) is 5.56 Å². The van der Waals surface area contributed by atoms with Gasteiger partial charge < -0.3 is 18.9 Å². The van der Waals surface area contributed by atoms with Crippen molar-refractivity contribution in [1.82, 2.24) is 4.57 Å². The lowest BCUT2D eigenvalue weighted by molar-refractivity contribution is -0.191. The molecule has 0 aliphatic carbocycles. The van der Waals surface area contributed by atoms with E-state index in [9.17, 15) is 19.0 Å². The number of aromatic nitrogens is 1. The molecule has 3 aliphatic rings. The van der Waals surface area contributed by atoms with Crippen molar-refractivity contribution in [3.63, 3.8) is 0 Å². The van der Waals surface area contributed by atoms with Crippen LogP contribution in [0.5, 0.6) is 0 Å². The van der Waals surface area contributed by atoms with E-state index in [1.54, 1.807) is 17.6 Å². The number of benzene rings is 1. The van der Waals surface area contributed by atoms with E-state index in [4.69, 9.17) is 19.0 Å². The second-order valence-electron chi connectivity index (χ2n) is 8.29. The molecule has 3 aliphatic heterocycles. The number of hydrogen-bond donors (Lipinski definition) is 1. The zero-order valence-electron chi connectivity index (χ0n) is 17.7. The standard InChI is InChI=1S/C22H23N2O7P/c1-3-22(30-12-31-32(2,27)28)16-9-18-19-14(8-13-6-4-5-7-17(13)23-19)10-24(18)20(25)15(16)11-29-21(22)26/h4-9,14,19H,3,10-12H2,1-2H3,(H,27,28). The second-order valence-corrected chi connectivity index (χ2v) is 10.2. The van der Waals surface area contributed by atoms with Gasteiger partial charge in [-0.2, -0.15) is 0 Å². The summed E-state index contributed by atoms with van der Waals surface area (Å²) in [5.41, 5.74) is -0.376. The van der Waals surface area contributed by atoms with E-state index in [1.807, 2.05) is 24.3 Å². The largest absolute Gasteiger partial charge is 0.458 e. The Morgan fingerprint density at radius 3 is 2.88 bits per heavy atom. The molecule has 0 bridgehead atoms. The van der Waals surface area contributed by atoms with Crippen LogP contribution in [-0.4, -0.2) is 28.9 Å². The summed E-state index contributed by atoms with van der Waals surface area (Å²) >= 11 is 0. The normalized spacial score (nSPS) is 27.0. The average Bonchev–Trinajstić information content (AvgIpc) is 3.11. The highest BCUT2D eigenvalue weighted by atomic mass is 31.2. The van der Waals surface area contributed by atoms with Crippen LogP contribution in [0, 0.1) is 5.92 Å². The van der Waals surface area contributed by atoms with E-state index in [2.05, 4.69) is 6.08 Å². The van der Waals surface area contributed by atoms with Gasteiger partial charge in [0.05, 0.1) is 17.0 Å². The smallest absolute Gasteiger partial charge is 0.343 e. The molecule has 4 unspecified atom stereocenters. The molecule has 4 atom stereocenters. The number of cyclic esters (lactones) is 1. The Morgan fingerprint density at radius 1 is 1.34 bits per heavy atom. The number of carbonyl (C=O) groups is 1. The van der Waals surface area contributed by atoms with Gasteiger partial charge >= 0.3 is 13.6 Å². The molecule has 0 saturated carbocycles. The van der Waals surface area contributed by atoms with Crippen LogP contribution in [0.3, 0.4) is 0 Å². The van der Waals surface area contributed by atoms with E-state index < -0.39 is 26.0 Å². The number of pyridine rings is 1. The molecule has 9 nitrogen and oxygen atoms in total. The molecule has 32 heavy (non-hydrogen) atoms. The molecular weight excluding hydrogens is 435 g/mol. The molecule has 0 saturated heterocycles. The summed E-state index contributed by atoms with van der Waals surface area (Å²) in [6.07, 6.45) is 2.29. The second kappa shape index (κ2) is 7.49. The van der Waals surface area contributed by atoms with Crippen LogP contribution in [-0.2, 0) is 42.1 Å². The first-order valence-corrected chi connectivity index (χ1v) is 12.4. The molecule has 0 fully saturated rings. The Labute approximate surface area is 183 Å². The van der Waals surface area contributed by atoms with Gasteiger partial charge in [0.2, 0.25) is 0 Å². The maximum Gasteiger partial charge on any atom is 0.343 e. The zero-order chi connectivity index (χ0) is 22.7. The van der Waals surface area contributed by atoms with Gasteiger partial charge in [-0.15, -0.1) is 0 Å². The number of para-hydroxylation sites is 1. The van der Waals surface area contributed by atoms with Crippen molar-refractivity contribution in [3.8, 4) is 0 Å². The molecule has 0 spiro atoms. The van der Waals surface area contributed by atoms with Crippen molar-refractivity contribution >= 4 is 19.6 Å². The molecule has 5 rings (SSSR count). The average molecular weight is 458 g/mol. The van der Waals surface area contributed by atoms with E-state index >= 15 is 0 Å². The molecule has 0 amide bonds. The Balaban J connectivity index is 1.63. The van der Waals surface area contributed by atoms with E-state index in [-0.39, 0.29) is 30.5 Å². The van der Waals surface area contributed by atoms with Crippen molar-refractivity contribution in [2.45, 2.75) is 38.1 Å². The minimum absolute atomic E-state index is 0.0266. The Hall–Kier alpha value is -2.58. The predicted molar refractivity (Wildman–Crippen MR) is 113 cm³/mol. The predicted octanol–water partition coefficient (Wildman–Crippen LogP) is 1.10. The van der Waals surface area contributed by atoms with E-state index in [1.165, 1.54) is 0 Å². The zero-order valence-corrected chi connectivity index (χ0v) is 18.6.